The van der Waals surface area contributed by atoms with Crippen molar-refractivity contribution in [1.29, 1.82) is 0 Å². The van der Waals surface area contributed by atoms with Crippen LogP contribution in [-0.2, 0) is 0 Å². The van der Waals surface area contributed by atoms with Crippen molar-refractivity contribution in [3.05, 3.63) is 5.84 Å². The van der Waals surface area contributed by atoms with Gasteiger partial charge in [0.25, 0.3) is 0 Å². The lowest BCUT2D eigenvalue weighted by Crippen LogP contribution is -3.16. The Morgan fingerprint density at radius 3 is 1.56 bits per heavy atom. The molecule has 0 aliphatic heterocycles. The monoisotopic (exact) mass is 130 g/mol. The van der Waals surface area contributed by atoms with Crippen LogP contribution < -0.4 is 5.01 Å². The second-order valence-electron chi connectivity index (χ2n) is 3.82. The summed E-state index contributed by atoms with van der Waals surface area (Å²) in [5, 5.41) is 0.836. The van der Waals surface area contributed by atoms with E-state index in [1.54, 1.807) is 0 Å². The third-order valence-electron chi connectivity index (χ3n) is 1.39. The van der Waals surface area contributed by atoms with Crippen molar-refractivity contribution in [3.8, 4) is 0 Å². The summed E-state index contributed by atoms with van der Waals surface area (Å²) >= 11 is 0. The third kappa shape index (κ3) is 2.82. The highest BCUT2D eigenvalue weighted by Crippen LogP contribution is 1.93. The number of hydrogen-bond donors (Lipinski definition) is 1. The predicted octanol–water partition coefficient (Wildman–Crippen LogP) is 1.05. The van der Waals surface area contributed by atoms with Crippen LogP contribution in [0.3, 0.4) is 0 Å². The highest BCUT2D eigenvalue weighted by atomic mass is 15.4. The Morgan fingerprint density at radius 1 is 1.22 bits per heavy atom. The molecule has 0 saturated carbocycles. The summed E-state index contributed by atoms with van der Waals surface area (Å²) in [6, 6.07) is 0.394. The zero-order valence-corrected chi connectivity index (χ0v) is 7.08. The summed E-state index contributed by atoms with van der Waals surface area (Å²) in [6.45, 7) is 10.4. The molecule has 0 aromatic carbocycles. The van der Waals surface area contributed by atoms with E-state index in [9.17, 15) is 0 Å². The standard InChI is InChI=1S/C7H18N2/c1-6(2)9(8)7(3,4)5/h6,8-9H,1-5H3. The van der Waals surface area contributed by atoms with Crippen molar-refractivity contribution in [1.82, 2.24) is 0 Å². The van der Waals surface area contributed by atoms with E-state index in [-0.39, 0.29) is 5.54 Å². The van der Waals surface area contributed by atoms with Crippen molar-refractivity contribution >= 4 is 0 Å². The lowest BCUT2D eigenvalue weighted by Gasteiger charge is -2.38. The molecule has 0 aliphatic rings. The minimum absolute atomic E-state index is 0.0637. The van der Waals surface area contributed by atoms with Gasteiger partial charge in [0.05, 0.1) is 11.6 Å². The van der Waals surface area contributed by atoms with Gasteiger partial charge < -0.3 is 10.9 Å². The Kier molecular flexibility index (Phi) is 2.65. The molecule has 0 radical (unpaired) electrons. The molecule has 56 valence electrons. The minimum atomic E-state index is 0.0637. The first-order valence-corrected chi connectivity index (χ1v) is 3.44. The molecule has 0 saturated heterocycles. The summed E-state index contributed by atoms with van der Waals surface area (Å²) in [5.74, 6) is 7.59. The maximum atomic E-state index is 7.59. The average molecular weight is 130 g/mol. The van der Waals surface area contributed by atoms with Crippen LogP contribution in [-0.4, -0.2) is 11.6 Å². The van der Waals surface area contributed by atoms with E-state index >= 15 is 0 Å². The molecule has 0 spiro atoms. The van der Waals surface area contributed by atoms with Gasteiger partial charge in [-0.2, -0.15) is 0 Å². The molecule has 1 atom stereocenters. The molecule has 1 unspecified atom stereocenters. The lowest BCUT2D eigenvalue weighted by atomic mass is 10.1. The van der Waals surface area contributed by atoms with E-state index in [1.807, 2.05) is 0 Å². The predicted molar refractivity (Wildman–Crippen MR) is 40.2 cm³/mol. The highest BCUT2D eigenvalue weighted by molar-refractivity contribution is 4.57. The van der Waals surface area contributed by atoms with Crippen molar-refractivity contribution in [2.24, 2.45) is 0 Å². The van der Waals surface area contributed by atoms with Crippen molar-refractivity contribution in [2.75, 3.05) is 0 Å². The van der Waals surface area contributed by atoms with Crippen LogP contribution in [0.25, 0.3) is 5.84 Å². The van der Waals surface area contributed by atoms with Gasteiger partial charge in [-0.3, -0.25) is 0 Å². The molecule has 0 rings (SSSR count). The third-order valence-corrected chi connectivity index (χ3v) is 1.39. The molecule has 9 heavy (non-hydrogen) atoms. The van der Waals surface area contributed by atoms with Gasteiger partial charge in [0, 0.05) is 0 Å². The molecule has 0 amide bonds. The molecule has 2 nitrogen and oxygen atoms in total. The molecule has 0 aromatic heterocycles. The van der Waals surface area contributed by atoms with Gasteiger partial charge in [-0.05, 0) is 34.6 Å². The first-order valence-electron chi connectivity index (χ1n) is 3.44. The Bertz CT molecular complexity index is 81.4. The van der Waals surface area contributed by atoms with Gasteiger partial charge in [-0.25, -0.2) is 0 Å². The molecular formula is C7H18N2. The topological polar surface area (TPSA) is 28.2 Å². The van der Waals surface area contributed by atoms with Gasteiger partial charge in [0.1, 0.15) is 0 Å². The zero-order valence-electron chi connectivity index (χ0n) is 7.08. The van der Waals surface area contributed by atoms with Crippen LogP contribution in [0, 0.1) is 0 Å². The normalized spacial score (nSPS) is 16.3. The maximum absolute atomic E-state index is 7.59. The fraction of sp³-hybridized carbons (Fsp3) is 1.00. The van der Waals surface area contributed by atoms with Gasteiger partial charge in [-0.1, -0.05) is 0 Å². The van der Waals surface area contributed by atoms with E-state index in [1.165, 1.54) is 0 Å². The van der Waals surface area contributed by atoms with Crippen molar-refractivity contribution in [2.45, 2.75) is 46.2 Å². The first-order chi connectivity index (χ1) is 3.85. The Labute approximate surface area is 58.0 Å². The summed E-state index contributed by atoms with van der Waals surface area (Å²) in [6.07, 6.45) is 0. The first kappa shape index (κ1) is 8.92. The highest BCUT2D eigenvalue weighted by Gasteiger charge is 2.19. The maximum Gasteiger partial charge on any atom is 0.0804 e. The molecule has 0 aromatic rings. The molecule has 0 fully saturated rings. The van der Waals surface area contributed by atoms with E-state index in [0.29, 0.717) is 6.04 Å². The smallest absolute Gasteiger partial charge is 0.0804 e. The SMILES string of the molecule is CC(C)[NH+]([NH-])C(C)(C)C. The van der Waals surface area contributed by atoms with Gasteiger partial charge in [-0.15, -0.1) is 0 Å². The van der Waals surface area contributed by atoms with Crippen LogP contribution in [0.5, 0.6) is 0 Å². The van der Waals surface area contributed by atoms with Gasteiger partial charge in [0.15, 0.2) is 0 Å². The minimum Gasteiger partial charge on any atom is -0.469 e. The quantitative estimate of drug-likeness (QED) is 0.514. The fourth-order valence-corrected chi connectivity index (χ4v) is 0.866. The van der Waals surface area contributed by atoms with Crippen molar-refractivity contribution < 1.29 is 5.01 Å². The van der Waals surface area contributed by atoms with Crippen LogP contribution in [0.15, 0.2) is 0 Å². The van der Waals surface area contributed by atoms with Crippen LogP contribution in [0.2, 0.25) is 0 Å². The summed E-state index contributed by atoms with van der Waals surface area (Å²) in [4.78, 5) is 0. The molecule has 0 aliphatic carbocycles. The Balaban J connectivity index is 3.88. The largest absolute Gasteiger partial charge is 0.469 e. The molecule has 2 heteroatoms. The summed E-state index contributed by atoms with van der Waals surface area (Å²) in [7, 11) is 0. The molecule has 0 heterocycles. The zero-order chi connectivity index (χ0) is 7.65. The van der Waals surface area contributed by atoms with E-state index in [2.05, 4.69) is 34.6 Å². The molecular weight excluding hydrogens is 112 g/mol. The fourth-order valence-electron chi connectivity index (χ4n) is 0.866. The Morgan fingerprint density at radius 2 is 1.56 bits per heavy atom. The van der Waals surface area contributed by atoms with Crippen molar-refractivity contribution in [3.63, 3.8) is 0 Å². The van der Waals surface area contributed by atoms with Crippen LogP contribution in [0.4, 0.5) is 0 Å². The number of hydrogen-bond acceptors (Lipinski definition) is 0. The second kappa shape index (κ2) is 2.67. The Hall–Kier alpha value is -0.0800. The number of nitrogens with one attached hydrogen (secondary N) is 2. The summed E-state index contributed by atoms with van der Waals surface area (Å²) < 4.78 is 0. The van der Waals surface area contributed by atoms with Gasteiger partial charge >= 0.3 is 0 Å². The molecule has 2 N–H and O–H groups in total. The summed E-state index contributed by atoms with van der Waals surface area (Å²) in [5.41, 5.74) is 0.0637. The lowest BCUT2D eigenvalue weighted by molar-refractivity contribution is -0.919. The van der Waals surface area contributed by atoms with E-state index < -0.39 is 0 Å². The van der Waals surface area contributed by atoms with E-state index in [4.69, 9.17) is 5.84 Å². The van der Waals surface area contributed by atoms with Gasteiger partial charge in [0.2, 0.25) is 0 Å². The van der Waals surface area contributed by atoms with E-state index in [0.717, 1.165) is 5.01 Å². The molecule has 0 bridgehead atoms. The second-order valence-corrected chi connectivity index (χ2v) is 3.82. The van der Waals surface area contributed by atoms with Crippen LogP contribution in [0.1, 0.15) is 34.6 Å². The van der Waals surface area contributed by atoms with Crippen LogP contribution >= 0.6 is 0 Å². The average Bonchev–Trinajstić information content (AvgIpc) is 1.62. The number of quaternary nitrogens is 1. The number of rotatable bonds is 1.